The highest BCUT2D eigenvalue weighted by atomic mass is 16.5. The Hall–Kier alpha value is -2.36. The number of aromatic hydroxyl groups is 1. The third-order valence-corrected chi connectivity index (χ3v) is 3.61. The molecular weight excluding hydrogens is 278 g/mol. The molecule has 0 aliphatic rings. The number of methoxy groups -OCH3 is 1. The maximum atomic E-state index is 10.1. The second-order valence-corrected chi connectivity index (χ2v) is 5.77. The van der Waals surface area contributed by atoms with Crippen LogP contribution in [0.1, 0.15) is 36.5 Å². The molecule has 0 atom stereocenters. The van der Waals surface area contributed by atoms with E-state index in [-0.39, 0.29) is 11.7 Å². The van der Waals surface area contributed by atoms with Gasteiger partial charge in [-0.3, -0.25) is 0 Å². The third-order valence-electron chi connectivity index (χ3n) is 3.61. The van der Waals surface area contributed by atoms with Gasteiger partial charge in [0.25, 0.3) is 0 Å². The van der Waals surface area contributed by atoms with Crippen molar-refractivity contribution >= 4 is 5.69 Å². The number of aryl methyl sites for hydroxylation is 2. The van der Waals surface area contributed by atoms with Crippen molar-refractivity contribution in [2.75, 3.05) is 12.8 Å². The van der Waals surface area contributed by atoms with Gasteiger partial charge in [0.2, 0.25) is 0 Å². The van der Waals surface area contributed by atoms with E-state index in [2.05, 4.69) is 0 Å². The SMILES string of the molecule is COc1c(Oc2c(C)cc(N)cc2C)ccc(O)c1C(C)C. The Morgan fingerprint density at radius 2 is 1.64 bits per heavy atom. The summed E-state index contributed by atoms with van der Waals surface area (Å²) in [6.07, 6.45) is 0. The highest BCUT2D eigenvalue weighted by Gasteiger charge is 2.19. The minimum atomic E-state index is 0.118. The summed E-state index contributed by atoms with van der Waals surface area (Å²) in [5, 5.41) is 10.1. The number of benzene rings is 2. The Morgan fingerprint density at radius 3 is 2.14 bits per heavy atom. The Labute approximate surface area is 131 Å². The minimum Gasteiger partial charge on any atom is -0.508 e. The Bertz CT molecular complexity index is 670. The van der Waals surface area contributed by atoms with Crippen LogP contribution in [0.3, 0.4) is 0 Å². The van der Waals surface area contributed by atoms with E-state index in [1.165, 1.54) is 0 Å². The molecule has 0 aliphatic carbocycles. The van der Waals surface area contributed by atoms with Crippen LogP contribution in [-0.4, -0.2) is 12.2 Å². The zero-order chi connectivity index (χ0) is 16.4. The van der Waals surface area contributed by atoms with Crippen molar-refractivity contribution < 1.29 is 14.6 Å². The molecule has 0 saturated heterocycles. The molecule has 0 unspecified atom stereocenters. The normalized spacial score (nSPS) is 10.8. The van der Waals surface area contributed by atoms with Crippen LogP contribution in [0, 0.1) is 13.8 Å². The van der Waals surface area contributed by atoms with Crippen molar-refractivity contribution in [3.63, 3.8) is 0 Å². The second kappa shape index (κ2) is 6.18. The molecule has 0 radical (unpaired) electrons. The summed E-state index contributed by atoms with van der Waals surface area (Å²) in [7, 11) is 1.58. The average Bonchev–Trinajstić information content (AvgIpc) is 2.42. The van der Waals surface area contributed by atoms with E-state index in [4.69, 9.17) is 15.2 Å². The molecule has 2 aromatic carbocycles. The third kappa shape index (κ3) is 2.96. The quantitative estimate of drug-likeness (QED) is 0.815. The smallest absolute Gasteiger partial charge is 0.169 e. The summed E-state index contributed by atoms with van der Waals surface area (Å²) in [6, 6.07) is 7.10. The first-order valence-electron chi connectivity index (χ1n) is 7.29. The van der Waals surface area contributed by atoms with Crippen LogP contribution in [0.15, 0.2) is 24.3 Å². The van der Waals surface area contributed by atoms with Gasteiger partial charge in [0.05, 0.1) is 7.11 Å². The van der Waals surface area contributed by atoms with Gasteiger partial charge in [0, 0.05) is 11.3 Å². The van der Waals surface area contributed by atoms with Crippen LogP contribution in [0.2, 0.25) is 0 Å². The maximum Gasteiger partial charge on any atom is 0.169 e. The molecule has 4 nitrogen and oxygen atoms in total. The zero-order valence-corrected chi connectivity index (χ0v) is 13.7. The molecule has 0 heterocycles. The van der Waals surface area contributed by atoms with Gasteiger partial charge in [0.1, 0.15) is 11.5 Å². The molecule has 2 aromatic rings. The Balaban J connectivity index is 2.53. The van der Waals surface area contributed by atoms with Crippen LogP contribution in [0.25, 0.3) is 0 Å². The van der Waals surface area contributed by atoms with Crippen molar-refractivity contribution in [3.05, 3.63) is 41.0 Å². The highest BCUT2D eigenvalue weighted by Crippen LogP contribution is 2.44. The number of nitrogens with two attached hydrogens (primary N) is 1. The monoisotopic (exact) mass is 301 g/mol. The Kier molecular flexibility index (Phi) is 4.50. The molecule has 0 spiro atoms. The van der Waals surface area contributed by atoms with E-state index >= 15 is 0 Å². The predicted molar refractivity (Wildman–Crippen MR) is 89.2 cm³/mol. The van der Waals surface area contributed by atoms with Gasteiger partial charge >= 0.3 is 0 Å². The van der Waals surface area contributed by atoms with Crippen LogP contribution in [0.4, 0.5) is 5.69 Å². The Morgan fingerprint density at radius 1 is 1.05 bits per heavy atom. The molecule has 0 fully saturated rings. The number of phenols is 1. The molecule has 3 N–H and O–H groups in total. The lowest BCUT2D eigenvalue weighted by Gasteiger charge is -2.19. The van der Waals surface area contributed by atoms with Gasteiger partial charge in [-0.25, -0.2) is 0 Å². The van der Waals surface area contributed by atoms with Gasteiger partial charge in [-0.1, -0.05) is 13.8 Å². The average molecular weight is 301 g/mol. The number of anilines is 1. The standard InChI is InChI=1S/C18H23NO3/c1-10(2)16-14(20)6-7-15(18(16)21-5)22-17-11(3)8-13(19)9-12(17)4/h6-10,20H,19H2,1-5H3. The molecule has 4 heteroatoms. The maximum absolute atomic E-state index is 10.1. The topological polar surface area (TPSA) is 64.7 Å². The second-order valence-electron chi connectivity index (χ2n) is 5.77. The lowest BCUT2D eigenvalue weighted by Crippen LogP contribution is -2.00. The summed E-state index contributed by atoms with van der Waals surface area (Å²) in [6.45, 7) is 7.91. The molecule has 118 valence electrons. The fourth-order valence-electron chi connectivity index (χ4n) is 2.67. The number of hydrogen-bond acceptors (Lipinski definition) is 4. The van der Waals surface area contributed by atoms with Crippen LogP contribution in [-0.2, 0) is 0 Å². The van der Waals surface area contributed by atoms with Crippen molar-refractivity contribution in [2.24, 2.45) is 0 Å². The first-order chi connectivity index (χ1) is 10.3. The molecule has 0 aliphatic heterocycles. The van der Waals surface area contributed by atoms with E-state index in [0.717, 1.165) is 22.4 Å². The summed E-state index contributed by atoms with van der Waals surface area (Å²) >= 11 is 0. The van der Waals surface area contributed by atoms with Crippen molar-refractivity contribution in [2.45, 2.75) is 33.6 Å². The first kappa shape index (κ1) is 16.0. The van der Waals surface area contributed by atoms with Gasteiger partial charge in [-0.2, -0.15) is 0 Å². The van der Waals surface area contributed by atoms with Crippen LogP contribution >= 0.6 is 0 Å². The summed E-state index contributed by atoms with van der Waals surface area (Å²) in [5.41, 5.74) is 9.21. The van der Waals surface area contributed by atoms with Gasteiger partial charge in [0.15, 0.2) is 11.5 Å². The van der Waals surface area contributed by atoms with Crippen LogP contribution < -0.4 is 15.2 Å². The summed E-state index contributed by atoms with van der Waals surface area (Å²) < 4.78 is 11.6. The lowest BCUT2D eigenvalue weighted by atomic mass is 10.0. The molecule has 22 heavy (non-hydrogen) atoms. The molecule has 0 bridgehead atoms. The molecule has 0 amide bonds. The first-order valence-corrected chi connectivity index (χ1v) is 7.29. The lowest BCUT2D eigenvalue weighted by molar-refractivity contribution is 0.364. The minimum absolute atomic E-state index is 0.118. The predicted octanol–water partition coefficient (Wildman–Crippen LogP) is 4.52. The van der Waals surface area contributed by atoms with E-state index < -0.39 is 0 Å². The molecule has 0 saturated carbocycles. The number of hydrogen-bond donors (Lipinski definition) is 2. The van der Waals surface area contributed by atoms with E-state index in [0.29, 0.717) is 17.2 Å². The largest absolute Gasteiger partial charge is 0.508 e. The highest BCUT2D eigenvalue weighted by molar-refractivity contribution is 5.58. The number of nitrogen functional groups attached to an aromatic ring is 1. The van der Waals surface area contributed by atoms with Gasteiger partial charge < -0.3 is 20.3 Å². The van der Waals surface area contributed by atoms with Gasteiger partial charge in [-0.05, 0) is 55.2 Å². The molecular formula is C18H23NO3. The summed E-state index contributed by atoms with van der Waals surface area (Å²) in [4.78, 5) is 0. The van der Waals surface area contributed by atoms with Crippen molar-refractivity contribution in [1.82, 2.24) is 0 Å². The number of rotatable bonds is 4. The van der Waals surface area contributed by atoms with Crippen molar-refractivity contribution in [1.29, 1.82) is 0 Å². The zero-order valence-electron chi connectivity index (χ0n) is 13.7. The van der Waals surface area contributed by atoms with Crippen LogP contribution in [0.5, 0.6) is 23.0 Å². The summed E-state index contributed by atoms with van der Waals surface area (Å²) in [5.74, 6) is 2.23. The molecule has 0 aromatic heterocycles. The number of phenolic OH excluding ortho intramolecular Hbond substituents is 1. The van der Waals surface area contributed by atoms with E-state index in [1.807, 2.05) is 39.8 Å². The fraction of sp³-hybridized carbons (Fsp3) is 0.333. The molecule has 2 rings (SSSR count). The van der Waals surface area contributed by atoms with Gasteiger partial charge in [-0.15, -0.1) is 0 Å². The van der Waals surface area contributed by atoms with E-state index in [1.54, 1.807) is 19.2 Å². The fourth-order valence-corrected chi connectivity index (χ4v) is 2.67. The number of ether oxygens (including phenoxy) is 2. The van der Waals surface area contributed by atoms with E-state index in [9.17, 15) is 5.11 Å². The van der Waals surface area contributed by atoms with Crippen molar-refractivity contribution in [3.8, 4) is 23.0 Å².